The van der Waals surface area contributed by atoms with Crippen molar-refractivity contribution in [1.29, 1.82) is 0 Å². The highest BCUT2D eigenvalue weighted by Crippen LogP contribution is 2.30. The van der Waals surface area contributed by atoms with Gasteiger partial charge in [0, 0.05) is 22.2 Å². The van der Waals surface area contributed by atoms with Crippen molar-refractivity contribution in [2.24, 2.45) is 0 Å². The highest BCUT2D eigenvalue weighted by Gasteiger charge is 2.18. The molecule has 0 aliphatic carbocycles. The number of ether oxygens (including phenoxy) is 1. The first kappa shape index (κ1) is 25.0. The molecule has 0 radical (unpaired) electrons. The molecule has 2 heterocycles. The smallest absolute Gasteiger partial charge is 0.348 e. The fourth-order valence-corrected chi connectivity index (χ4v) is 4.76. The van der Waals surface area contributed by atoms with Crippen LogP contribution in [-0.2, 0) is 6.54 Å². The van der Waals surface area contributed by atoms with E-state index in [4.69, 9.17) is 16.3 Å². The van der Waals surface area contributed by atoms with Crippen molar-refractivity contribution >= 4 is 10.9 Å². The lowest BCUT2D eigenvalue weighted by Gasteiger charge is -2.15. The molecule has 5 rings (SSSR count). The fraction of sp³-hybridized carbons (Fsp3) is 0.219. The van der Waals surface area contributed by atoms with E-state index in [1.54, 1.807) is 4.57 Å². The van der Waals surface area contributed by atoms with Crippen LogP contribution in [0.2, 0.25) is 0 Å². The second-order valence-electron chi connectivity index (χ2n) is 9.67. The van der Waals surface area contributed by atoms with Crippen LogP contribution in [0.25, 0.3) is 27.8 Å². The van der Waals surface area contributed by atoms with Gasteiger partial charge in [0.15, 0.2) is 0 Å². The molecule has 0 spiro atoms. The second-order valence-corrected chi connectivity index (χ2v) is 9.67. The van der Waals surface area contributed by atoms with Crippen molar-refractivity contribution in [2.45, 2.75) is 40.2 Å². The van der Waals surface area contributed by atoms with E-state index in [-0.39, 0.29) is 12.3 Å². The van der Waals surface area contributed by atoms with Gasteiger partial charge in [-0.15, -0.1) is 6.42 Å². The normalized spacial score (nSPS) is 11.2. The highest BCUT2D eigenvalue weighted by atomic mass is 16.5. The van der Waals surface area contributed by atoms with E-state index in [1.165, 1.54) is 5.56 Å². The van der Waals surface area contributed by atoms with Gasteiger partial charge >= 0.3 is 5.69 Å². The van der Waals surface area contributed by atoms with Gasteiger partial charge in [0.25, 0.3) is 0 Å². The number of aryl methyl sites for hydroxylation is 1. The number of aromatic nitrogens is 4. The van der Waals surface area contributed by atoms with Crippen LogP contribution in [0.3, 0.4) is 0 Å². The van der Waals surface area contributed by atoms with Crippen LogP contribution >= 0.6 is 0 Å². The Balaban J connectivity index is 1.65. The number of terminal acetylenes is 1. The summed E-state index contributed by atoms with van der Waals surface area (Å²) in [5.41, 5.74) is 7.00. The van der Waals surface area contributed by atoms with Gasteiger partial charge in [-0.2, -0.15) is 10.1 Å². The summed E-state index contributed by atoms with van der Waals surface area (Å²) in [4.78, 5) is 18.1. The molecule has 0 N–H and O–H groups in total. The first-order valence-corrected chi connectivity index (χ1v) is 12.7. The lowest BCUT2D eigenvalue weighted by Crippen LogP contribution is -2.25. The molecule has 190 valence electrons. The van der Waals surface area contributed by atoms with E-state index in [2.05, 4.69) is 36.9 Å². The molecule has 38 heavy (non-hydrogen) atoms. The zero-order valence-corrected chi connectivity index (χ0v) is 22.1. The predicted molar refractivity (Wildman–Crippen MR) is 152 cm³/mol. The molecule has 0 aliphatic heterocycles. The third-order valence-electron chi connectivity index (χ3n) is 6.88. The Hall–Kier alpha value is -4.63. The van der Waals surface area contributed by atoms with Gasteiger partial charge in [0.1, 0.15) is 12.4 Å². The average Bonchev–Trinajstić information content (AvgIpc) is 3.22. The molecule has 6 heteroatoms. The van der Waals surface area contributed by atoms with E-state index in [9.17, 15) is 4.79 Å². The number of hydrogen-bond acceptors (Lipinski definition) is 4. The molecule has 0 atom stereocenters. The van der Waals surface area contributed by atoms with Crippen LogP contribution in [0.1, 0.15) is 42.3 Å². The number of para-hydroxylation sites is 1. The number of hydrogen-bond donors (Lipinski definition) is 0. The molecule has 0 aliphatic rings. The molecule has 0 amide bonds. The number of benzene rings is 3. The lowest BCUT2D eigenvalue weighted by atomic mass is 9.99. The third kappa shape index (κ3) is 4.71. The maximum atomic E-state index is 13.5. The topological polar surface area (TPSA) is 61.9 Å². The second kappa shape index (κ2) is 10.4. The summed E-state index contributed by atoms with van der Waals surface area (Å²) in [5, 5.41) is 5.59. The Kier molecular flexibility index (Phi) is 6.85. The molecule has 5 aromatic rings. The Morgan fingerprint density at radius 1 is 1.00 bits per heavy atom. The van der Waals surface area contributed by atoms with Crippen LogP contribution < -0.4 is 10.4 Å². The summed E-state index contributed by atoms with van der Waals surface area (Å²) in [6, 6.07) is 23.9. The SMILES string of the molecule is C#CCOc1ccc2c(c1)c(-c1ccc(C(C)C)cc1)nc(=O)n2Cc1c(C)nn(-c2ccccc2)c1C. The quantitative estimate of drug-likeness (QED) is 0.254. The van der Waals surface area contributed by atoms with Crippen LogP contribution in [-0.4, -0.2) is 25.9 Å². The lowest BCUT2D eigenvalue weighted by molar-refractivity contribution is 0.371. The minimum Gasteiger partial charge on any atom is -0.481 e. The molecule has 0 saturated carbocycles. The number of rotatable bonds is 7. The van der Waals surface area contributed by atoms with Crippen LogP contribution in [0.15, 0.2) is 77.6 Å². The minimum atomic E-state index is -0.316. The van der Waals surface area contributed by atoms with Crippen molar-refractivity contribution in [3.05, 3.63) is 106 Å². The summed E-state index contributed by atoms with van der Waals surface area (Å²) in [7, 11) is 0. The standard InChI is InChI=1S/C32H30N4O2/c1-6-18-38-27-16-17-30-28(19-27)31(25-14-12-24(13-15-25)21(2)3)33-32(37)35(30)20-29-22(4)34-36(23(29)5)26-10-8-7-9-11-26/h1,7-17,19,21H,18,20H2,2-5H3. The van der Waals surface area contributed by atoms with Gasteiger partial charge in [-0.05, 0) is 55.7 Å². The summed E-state index contributed by atoms with van der Waals surface area (Å²) in [6.07, 6.45) is 5.41. The Labute approximate surface area is 222 Å². The van der Waals surface area contributed by atoms with Crippen molar-refractivity contribution in [3.8, 4) is 35.0 Å². The zero-order valence-electron chi connectivity index (χ0n) is 22.1. The molecular weight excluding hydrogens is 472 g/mol. The van der Waals surface area contributed by atoms with E-state index >= 15 is 0 Å². The number of nitrogens with zero attached hydrogens (tertiary/aromatic N) is 4. The van der Waals surface area contributed by atoms with Crippen molar-refractivity contribution < 1.29 is 4.74 Å². The van der Waals surface area contributed by atoms with Crippen molar-refractivity contribution in [3.63, 3.8) is 0 Å². The Morgan fingerprint density at radius 3 is 2.42 bits per heavy atom. The maximum Gasteiger partial charge on any atom is 0.348 e. The van der Waals surface area contributed by atoms with E-state index < -0.39 is 0 Å². The first-order chi connectivity index (χ1) is 18.4. The molecular formula is C32H30N4O2. The molecule has 0 saturated heterocycles. The third-order valence-corrected chi connectivity index (χ3v) is 6.88. The highest BCUT2D eigenvalue weighted by molar-refractivity contribution is 5.93. The van der Waals surface area contributed by atoms with Gasteiger partial charge < -0.3 is 4.74 Å². The minimum absolute atomic E-state index is 0.161. The summed E-state index contributed by atoms with van der Waals surface area (Å²) in [6.45, 7) is 8.82. The Bertz CT molecular complexity index is 1710. The molecule has 6 nitrogen and oxygen atoms in total. The van der Waals surface area contributed by atoms with Crippen LogP contribution in [0.5, 0.6) is 5.75 Å². The van der Waals surface area contributed by atoms with E-state index in [0.717, 1.165) is 39.1 Å². The molecule has 2 aromatic heterocycles. The molecule has 0 unspecified atom stereocenters. The fourth-order valence-electron chi connectivity index (χ4n) is 4.76. The van der Waals surface area contributed by atoms with Crippen LogP contribution in [0, 0.1) is 26.2 Å². The number of fused-ring (bicyclic) bond motifs is 1. The van der Waals surface area contributed by atoms with Gasteiger partial charge in [-0.1, -0.05) is 62.2 Å². The van der Waals surface area contributed by atoms with Gasteiger partial charge in [-0.3, -0.25) is 4.57 Å². The molecule has 0 fully saturated rings. The van der Waals surface area contributed by atoms with Gasteiger partial charge in [0.2, 0.25) is 0 Å². The van der Waals surface area contributed by atoms with E-state index in [0.29, 0.717) is 23.9 Å². The summed E-state index contributed by atoms with van der Waals surface area (Å²) in [5.74, 6) is 3.55. The largest absolute Gasteiger partial charge is 0.481 e. The summed E-state index contributed by atoms with van der Waals surface area (Å²) >= 11 is 0. The van der Waals surface area contributed by atoms with Crippen molar-refractivity contribution in [2.75, 3.05) is 6.61 Å². The summed E-state index contributed by atoms with van der Waals surface area (Å²) < 4.78 is 9.34. The monoisotopic (exact) mass is 502 g/mol. The van der Waals surface area contributed by atoms with E-state index in [1.807, 2.05) is 79.2 Å². The predicted octanol–water partition coefficient (Wildman–Crippen LogP) is 6.05. The molecule has 0 bridgehead atoms. The van der Waals surface area contributed by atoms with Gasteiger partial charge in [0.05, 0.1) is 29.1 Å². The van der Waals surface area contributed by atoms with Gasteiger partial charge in [-0.25, -0.2) is 9.48 Å². The van der Waals surface area contributed by atoms with Crippen LogP contribution in [0.4, 0.5) is 0 Å². The van der Waals surface area contributed by atoms with Crippen molar-refractivity contribution in [1.82, 2.24) is 19.3 Å². The maximum absolute atomic E-state index is 13.5. The Morgan fingerprint density at radius 2 is 1.74 bits per heavy atom. The molecule has 3 aromatic carbocycles. The first-order valence-electron chi connectivity index (χ1n) is 12.7. The zero-order chi connectivity index (χ0) is 26.8. The average molecular weight is 503 g/mol.